The minimum Gasteiger partial charge on any atom is -0.339 e. The van der Waals surface area contributed by atoms with Crippen LogP contribution in [0.2, 0.25) is 0 Å². The van der Waals surface area contributed by atoms with Crippen LogP contribution in [0.3, 0.4) is 0 Å². The number of nitrogens with zero attached hydrogens (tertiary/aromatic N) is 2. The van der Waals surface area contributed by atoms with E-state index >= 15 is 0 Å². The molecule has 1 aromatic rings. The van der Waals surface area contributed by atoms with Crippen LogP contribution < -0.4 is 0 Å². The fourth-order valence-electron chi connectivity index (χ4n) is 4.76. The number of hydrogen-bond acceptors (Lipinski definition) is 3. The van der Waals surface area contributed by atoms with Gasteiger partial charge in [0.25, 0.3) is 5.91 Å². The molecule has 3 rings (SSSR count). The second-order valence-corrected chi connectivity index (χ2v) is 10.8. The molecule has 1 saturated carbocycles. The molecule has 0 N–H and O–H groups in total. The third kappa shape index (κ3) is 4.77. The average molecular weight is 407 g/mol. The van der Waals surface area contributed by atoms with Crippen LogP contribution in [0.25, 0.3) is 0 Å². The number of piperidine rings is 1. The Bertz CT molecular complexity index is 775. The molecule has 5 nitrogen and oxygen atoms in total. The molecule has 2 unspecified atom stereocenters. The number of carbonyl (C=O) groups excluding carboxylic acids is 1. The Morgan fingerprint density at radius 1 is 1.04 bits per heavy atom. The van der Waals surface area contributed by atoms with Crippen molar-refractivity contribution < 1.29 is 13.2 Å². The Balaban J connectivity index is 1.80. The molecule has 1 aromatic carbocycles. The van der Waals surface area contributed by atoms with Crippen molar-refractivity contribution in [1.82, 2.24) is 9.21 Å². The highest BCUT2D eigenvalue weighted by Crippen LogP contribution is 2.28. The lowest BCUT2D eigenvalue weighted by atomic mass is 9.94. The minimum absolute atomic E-state index is 0.0793. The predicted molar refractivity (Wildman–Crippen MR) is 112 cm³/mol. The fraction of sp³-hybridized carbons (Fsp3) is 0.682. The first-order valence-corrected chi connectivity index (χ1v) is 12.1. The van der Waals surface area contributed by atoms with E-state index in [1.54, 1.807) is 28.6 Å². The number of rotatable bonds is 4. The average Bonchev–Trinajstić information content (AvgIpc) is 2.95. The van der Waals surface area contributed by atoms with Gasteiger partial charge in [-0.3, -0.25) is 4.79 Å². The van der Waals surface area contributed by atoms with E-state index < -0.39 is 10.0 Å². The first-order chi connectivity index (χ1) is 13.3. The Labute approximate surface area is 170 Å². The molecular weight excluding hydrogens is 372 g/mol. The summed E-state index contributed by atoms with van der Waals surface area (Å²) in [6, 6.07) is 6.85. The molecule has 1 aliphatic heterocycles. The lowest BCUT2D eigenvalue weighted by Gasteiger charge is -2.34. The maximum atomic E-state index is 13.2. The summed E-state index contributed by atoms with van der Waals surface area (Å²) in [6.45, 7) is 5.29. The number of benzene rings is 1. The van der Waals surface area contributed by atoms with E-state index in [-0.39, 0.29) is 16.8 Å². The maximum Gasteiger partial charge on any atom is 0.253 e. The highest BCUT2D eigenvalue weighted by atomic mass is 32.2. The van der Waals surface area contributed by atoms with E-state index in [0.717, 1.165) is 32.1 Å². The van der Waals surface area contributed by atoms with Crippen molar-refractivity contribution in [2.75, 3.05) is 20.1 Å². The van der Waals surface area contributed by atoms with Crippen LogP contribution >= 0.6 is 0 Å². The molecule has 0 aromatic heterocycles. The predicted octanol–water partition coefficient (Wildman–Crippen LogP) is 4.15. The molecule has 6 heteroatoms. The Morgan fingerprint density at radius 3 is 2.25 bits per heavy atom. The lowest BCUT2D eigenvalue weighted by molar-refractivity contribution is 0.0717. The number of amides is 1. The summed E-state index contributed by atoms with van der Waals surface area (Å²) in [5.74, 6) is 0.624. The molecule has 1 amide bonds. The van der Waals surface area contributed by atoms with Gasteiger partial charge in [-0.1, -0.05) is 45.6 Å². The van der Waals surface area contributed by atoms with Gasteiger partial charge in [0.15, 0.2) is 0 Å². The van der Waals surface area contributed by atoms with Gasteiger partial charge in [-0.2, -0.15) is 4.31 Å². The molecule has 156 valence electrons. The largest absolute Gasteiger partial charge is 0.339 e. The smallest absolute Gasteiger partial charge is 0.253 e. The summed E-state index contributed by atoms with van der Waals surface area (Å²) < 4.78 is 27.9. The summed E-state index contributed by atoms with van der Waals surface area (Å²) in [4.78, 5) is 15.1. The SMILES string of the molecule is CC1CC(C)CN(S(=O)(=O)c2cccc(C(=O)N(C)C3CCCCCC3)c2)C1. The Kier molecular flexibility index (Phi) is 6.81. The van der Waals surface area contributed by atoms with Crippen molar-refractivity contribution in [3.05, 3.63) is 29.8 Å². The normalized spacial score (nSPS) is 25.2. The highest BCUT2D eigenvalue weighted by molar-refractivity contribution is 7.89. The number of hydrogen-bond donors (Lipinski definition) is 0. The van der Waals surface area contributed by atoms with Crippen molar-refractivity contribution in [1.29, 1.82) is 0 Å². The second-order valence-electron chi connectivity index (χ2n) is 8.86. The van der Waals surface area contributed by atoms with Gasteiger partial charge in [-0.25, -0.2) is 8.42 Å². The molecule has 28 heavy (non-hydrogen) atoms. The Morgan fingerprint density at radius 2 is 1.64 bits per heavy atom. The third-order valence-electron chi connectivity index (χ3n) is 6.25. The zero-order valence-electron chi connectivity index (χ0n) is 17.4. The van der Waals surface area contributed by atoms with Gasteiger partial charge in [0.2, 0.25) is 10.0 Å². The van der Waals surface area contributed by atoms with Crippen LogP contribution in [0.15, 0.2) is 29.2 Å². The molecule has 2 atom stereocenters. The van der Waals surface area contributed by atoms with E-state index in [9.17, 15) is 13.2 Å². The van der Waals surface area contributed by atoms with E-state index in [0.29, 0.717) is 30.5 Å². The van der Waals surface area contributed by atoms with Gasteiger partial charge in [-0.05, 0) is 49.3 Å². The van der Waals surface area contributed by atoms with Gasteiger partial charge >= 0.3 is 0 Å². The summed E-state index contributed by atoms with van der Waals surface area (Å²) >= 11 is 0. The molecule has 0 bridgehead atoms. The zero-order chi connectivity index (χ0) is 20.3. The van der Waals surface area contributed by atoms with Crippen molar-refractivity contribution in [3.63, 3.8) is 0 Å². The minimum atomic E-state index is -3.58. The standard InChI is InChI=1S/C22H34N2O3S/c1-17-13-18(2)16-24(15-17)28(26,27)21-12-8-9-19(14-21)22(25)23(3)20-10-6-4-5-7-11-20/h8-9,12,14,17-18,20H,4-7,10-11,13,15-16H2,1-3H3. The third-order valence-corrected chi connectivity index (χ3v) is 8.07. The molecular formula is C22H34N2O3S. The molecule has 0 radical (unpaired) electrons. The van der Waals surface area contributed by atoms with Crippen LogP contribution in [0.1, 0.15) is 69.2 Å². The number of sulfonamides is 1. The van der Waals surface area contributed by atoms with Crippen LogP contribution in [-0.4, -0.2) is 49.7 Å². The quantitative estimate of drug-likeness (QED) is 0.706. The summed E-state index contributed by atoms with van der Waals surface area (Å²) in [5.41, 5.74) is 0.464. The maximum absolute atomic E-state index is 13.2. The highest BCUT2D eigenvalue weighted by Gasteiger charge is 2.32. The van der Waals surface area contributed by atoms with E-state index in [2.05, 4.69) is 13.8 Å². The first kappa shape index (κ1) is 21.3. The van der Waals surface area contributed by atoms with Gasteiger partial charge in [-0.15, -0.1) is 0 Å². The van der Waals surface area contributed by atoms with Gasteiger partial charge in [0, 0.05) is 31.7 Å². The molecule has 2 fully saturated rings. The van der Waals surface area contributed by atoms with E-state index in [1.807, 2.05) is 11.9 Å². The molecule has 1 aliphatic carbocycles. The van der Waals surface area contributed by atoms with Gasteiger partial charge < -0.3 is 4.90 Å². The first-order valence-electron chi connectivity index (χ1n) is 10.7. The molecule has 1 saturated heterocycles. The number of carbonyl (C=O) groups is 1. The molecule has 0 spiro atoms. The second kappa shape index (κ2) is 8.95. The van der Waals surface area contributed by atoms with Crippen molar-refractivity contribution in [3.8, 4) is 0 Å². The van der Waals surface area contributed by atoms with Gasteiger partial charge in [0.1, 0.15) is 0 Å². The van der Waals surface area contributed by atoms with E-state index in [1.165, 1.54) is 12.8 Å². The topological polar surface area (TPSA) is 57.7 Å². The van der Waals surface area contributed by atoms with E-state index in [4.69, 9.17) is 0 Å². The van der Waals surface area contributed by atoms with Crippen LogP contribution in [0.4, 0.5) is 0 Å². The summed E-state index contributed by atoms with van der Waals surface area (Å²) in [6.07, 6.45) is 7.90. The zero-order valence-corrected chi connectivity index (χ0v) is 18.2. The van der Waals surface area contributed by atoms with Gasteiger partial charge in [0.05, 0.1) is 4.90 Å². The monoisotopic (exact) mass is 406 g/mol. The summed E-state index contributed by atoms with van der Waals surface area (Å²) in [7, 11) is -1.72. The van der Waals surface area contributed by atoms with Crippen LogP contribution in [0, 0.1) is 11.8 Å². The van der Waals surface area contributed by atoms with Crippen molar-refractivity contribution >= 4 is 15.9 Å². The van der Waals surface area contributed by atoms with Crippen molar-refractivity contribution in [2.45, 2.75) is 69.7 Å². The fourth-order valence-corrected chi connectivity index (χ4v) is 6.48. The van der Waals surface area contributed by atoms with Crippen LogP contribution in [0.5, 0.6) is 0 Å². The molecule has 1 heterocycles. The van der Waals surface area contributed by atoms with Crippen LogP contribution in [-0.2, 0) is 10.0 Å². The summed E-state index contributed by atoms with van der Waals surface area (Å²) in [5, 5.41) is 0. The van der Waals surface area contributed by atoms with Crippen molar-refractivity contribution in [2.24, 2.45) is 11.8 Å². The lowest BCUT2D eigenvalue weighted by Crippen LogP contribution is -2.42. The Hall–Kier alpha value is -1.40. The molecule has 2 aliphatic rings.